The normalized spacial score (nSPS) is 10.0. The van der Waals surface area contributed by atoms with Gasteiger partial charge in [-0.05, 0) is 36.5 Å². The molecule has 0 aliphatic carbocycles. The second-order valence-electron chi connectivity index (χ2n) is 4.01. The largest absolute Gasteiger partial charge is 0.332 e. The van der Waals surface area contributed by atoms with E-state index in [1.54, 1.807) is 0 Å². The van der Waals surface area contributed by atoms with Crippen molar-refractivity contribution in [1.29, 1.82) is 0 Å². The van der Waals surface area contributed by atoms with Gasteiger partial charge in [-0.15, -0.1) is 0 Å². The molecular formula is C13H9F2N3O2S. The zero-order valence-electron chi connectivity index (χ0n) is 10.5. The third-order valence-corrected chi connectivity index (χ3v) is 2.72. The van der Waals surface area contributed by atoms with Crippen LogP contribution in [0.15, 0.2) is 42.5 Å². The van der Waals surface area contributed by atoms with Crippen LogP contribution in [0.1, 0.15) is 0 Å². The molecule has 108 valence electrons. The molecule has 0 aliphatic rings. The molecule has 0 unspecified atom stereocenters. The Labute approximate surface area is 123 Å². The molecule has 21 heavy (non-hydrogen) atoms. The monoisotopic (exact) mass is 309 g/mol. The van der Waals surface area contributed by atoms with Crippen molar-refractivity contribution in [2.45, 2.75) is 0 Å². The molecular weight excluding hydrogens is 300 g/mol. The molecule has 0 saturated heterocycles. The van der Waals surface area contributed by atoms with Crippen LogP contribution in [0.25, 0.3) is 0 Å². The molecule has 0 heterocycles. The predicted octanol–water partition coefficient (Wildman–Crippen LogP) is 3.68. The molecule has 0 bridgehead atoms. The lowest BCUT2D eigenvalue weighted by Gasteiger charge is -2.11. The number of rotatable bonds is 3. The second-order valence-corrected chi connectivity index (χ2v) is 4.42. The average molecular weight is 309 g/mol. The highest BCUT2D eigenvalue weighted by Crippen LogP contribution is 2.17. The van der Waals surface area contributed by atoms with Gasteiger partial charge in [0, 0.05) is 23.9 Å². The maximum absolute atomic E-state index is 13.4. The minimum Gasteiger partial charge on any atom is -0.332 e. The van der Waals surface area contributed by atoms with Crippen molar-refractivity contribution < 1.29 is 13.7 Å². The van der Waals surface area contributed by atoms with Crippen molar-refractivity contribution in [2.75, 3.05) is 10.6 Å². The SMILES string of the molecule is O=[N+]([O-])c1ccc(NC(=S)Nc2ccc(F)cc2F)cc1. The fourth-order valence-corrected chi connectivity index (χ4v) is 1.77. The van der Waals surface area contributed by atoms with Crippen molar-refractivity contribution >= 4 is 34.4 Å². The van der Waals surface area contributed by atoms with Crippen LogP contribution in [0.5, 0.6) is 0 Å². The first-order valence-corrected chi connectivity index (χ1v) is 6.14. The molecule has 0 atom stereocenters. The lowest BCUT2D eigenvalue weighted by Crippen LogP contribution is -2.19. The number of thiocarbonyl (C=S) groups is 1. The highest BCUT2D eigenvalue weighted by Gasteiger charge is 2.07. The highest BCUT2D eigenvalue weighted by molar-refractivity contribution is 7.80. The van der Waals surface area contributed by atoms with E-state index in [4.69, 9.17) is 12.2 Å². The van der Waals surface area contributed by atoms with Crippen LogP contribution < -0.4 is 10.6 Å². The number of hydrogen-bond donors (Lipinski definition) is 2. The minimum atomic E-state index is -0.775. The molecule has 2 aromatic rings. The number of nitrogens with one attached hydrogen (secondary N) is 2. The first-order chi connectivity index (χ1) is 9.95. The fraction of sp³-hybridized carbons (Fsp3) is 0. The molecule has 0 amide bonds. The molecule has 0 aliphatic heterocycles. The number of anilines is 2. The van der Waals surface area contributed by atoms with Crippen molar-refractivity contribution in [2.24, 2.45) is 0 Å². The van der Waals surface area contributed by atoms with Gasteiger partial charge in [0.1, 0.15) is 11.6 Å². The summed E-state index contributed by atoms with van der Waals surface area (Å²) in [5.74, 6) is -1.46. The third-order valence-electron chi connectivity index (χ3n) is 2.52. The summed E-state index contributed by atoms with van der Waals surface area (Å²) in [6.45, 7) is 0. The standard InChI is InChI=1S/C13H9F2N3O2S/c14-8-1-6-12(11(15)7-8)17-13(21)16-9-2-4-10(5-3-9)18(19)20/h1-7H,(H2,16,17,21). The van der Waals surface area contributed by atoms with Gasteiger partial charge < -0.3 is 10.6 Å². The highest BCUT2D eigenvalue weighted by atomic mass is 32.1. The molecule has 0 spiro atoms. The number of nitro benzene ring substituents is 1. The lowest BCUT2D eigenvalue weighted by atomic mass is 10.3. The Morgan fingerprint density at radius 3 is 2.33 bits per heavy atom. The molecule has 0 radical (unpaired) electrons. The lowest BCUT2D eigenvalue weighted by molar-refractivity contribution is -0.384. The summed E-state index contributed by atoms with van der Waals surface area (Å²) in [6, 6.07) is 8.60. The van der Waals surface area contributed by atoms with Gasteiger partial charge >= 0.3 is 0 Å². The zero-order valence-corrected chi connectivity index (χ0v) is 11.3. The van der Waals surface area contributed by atoms with E-state index in [0.29, 0.717) is 5.69 Å². The summed E-state index contributed by atoms with van der Waals surface area (Å²) in [5, 5.41) is 15.9. The molecule has 2 aromatic carbocycles. The van der Waals surface area contributed by atoms with E-state index in [-0.39, 0.29) is 16.5 Å². The molecule has 8 heteroatoms. The minimum absolute atomic E-state index is 0.0239. The number of nitrogens with zero attached hydrogens (tertiary/aromatic N) is 1. The molecule has 2 rings (SSSR count). The maximum Gasteiger partial charge on any atom is 0.269 e. The summed E-state index contributed by atoms with van der Waals surface area (Å²) in [6.07, 6.45) is 0. The Balaban J connectivity index is 2.02. The average Bonchev–Trinajstić information content (AvgIpc) is 2.42. The van der Waals surface area contributed by atoms with E-state index in [1.165, 1.54) is 30.3 Å². The van der Waals surface area contributed by atoms with Crippen LogP contribution in [-0.4, -0.2) is 10.0 Å². The quantitative estimate of drug-likeness (QED) is 0.514. The van der Waals surface area contributed by atoms with Gasteiger partial charge in [-0.1, -0.05) is 0 Å². The van der Waals surface area contributed by atoms with E-state index in [2.05, 4.69) is 10.6 Å². The van der Waals surface area contributed by atoms with Gasteiger partial charge in [0.15, 0.2) is 5.11 Å². The Morgan fingerprint density at radius 2 is 1.76 bits per heavy atom. The van der Waals surface area contributed by atoms with Gasteiger partial charge in [0.05, 0.1) is 10.6 Å². The van der Waals surface area contributed by atoms with E-state index in [1.807, 2.05) is 0 Å². The predicted molar refractivity (Wildman–Crippen MR) is 79.3 cm³/mol. The van der Waals surface area contributed by atoms with E-state index < -0.39 is 16.6 Å². The van der Waals surface area contributed by atoms with Crippen LogP contribution in [-0.2, 0) is 0 Å². The van der Waals surface area contributed by atoms with Crippen molar-refractivity contribution in [3.05, 3.63) is 64.2 Å². The molecule has 0 fully saturated rings. The van der Waals surface area contributed by atoms with Gasteiger partial charge in [-0.2, -0.15) is 0 Å². The van der Waals surface area contributed by atoms with Crippen molar-refractivity contribution in [3.8, 4) is 0 Å². The molecule has 0 aromatic heterocycles. The molecule has 0 saturated carbocycles. The van der Waals surface area contributed by atoms with Crippen LogP contribution in [0.3, 0.4) is 0 Å². The van der Waals surface area contributed by atoms with Gasteiger partial charge in [-0.25, -0.2) is 8.78 Å². The molecule has 2 N–H and O–H groups in total. The van der Waals surface area contributed by atoms with Crippen molar-refractivity contribution in [3.63, 3.8) is 0 Å². The number of hydrogen-bond acceptors (Lipinski definition) is 3. The summed E-state index contributed by atoms with van der Waals surface area (Å²) < 4.78 is 26.2. The smallest absolute Gasteiger partial charge is 0.269 e. The summed E-state index contributed by atoms with van der Waals surface area (Å²) >= 11 is 4.98. The fourth-order valence-electron chi connectivity index (χ4n) is 1.54. The first kappa shape index (κ1) is 14.8. The molecule has 5 nitrogen and oxygen atoms in total. The summed E-state index contributed by atoms with van der Waals surface area (Å²) in [5.41, 5.74) is 0.473. The Kier molecular flexibility index (Phi) is 4.39. The number of non-ortho nitro benzene ring substituents is 1. The van der Waals surface area contributed by atoms with Gasteiger partial charge in [0.2, 0.25) is 0 Å². The Bertz CT molecular complexity index is 692. The third kappa shape index (κ3) is 3.93. The van der Waals surface area contributed by atoms with Crippen LogP contribution in [0.4, 0.5) is 25.8 Å². The number of benzene rings is 2. The number of nitro groups is 1. The van der Waals surface area contributed by atoms with E-state index in [9.17, 15) is 18.9 Å². The van der Waals surface area contributed by atoms with Crippen LogP contribution >= 0.6 is 12.2 Å². The first-order valence-electron chi connectivity index (χ1n) is 5.73. The van der Waals surface area contributed by atoms with Gasteiger partial charge in [-0.3, -0.25) is 10.1 Å². The van der Waals surface area contributed by atoms with E-state index in [0.717, 1.165) is 12.1 Å². The Morgan fingerprint density at radius 1 is 1.10 bits per heavy atom. The second kappa shape index (κ2) is 6.23. The Hall–Kier alpha value is -2.61. The summed E-state index contributed by atoms with van der Waals surface area (Å²) in [4.78, 5) is 10.00. The van der Waals surface area contributed by atoms with Crippen LogP contribution in [0.2, 0.25) is 0 Å². The maximum atomic E-state index is 13.4. The van der Waals surface area contributed by atoms with Crippen LogP contribution in [0, 0.1) is 21.7 Å². The van der Waals surface area contributed by atoms with Crippen molar-refractivity contribution in [1.82, 2.24) is 0 Å². The summed E-state index contributed by atoms with van der Waals surface area (Å²) in [7, 11) is 0. The number of halogens is 2. The topological polar surface area (TPSA) is 67.2 Å². The zero-order chi connectivity index (χ0) is 15.4. The van der Waals surface area contributed by atoms with Gasteiger partial charge in [0.25, 0.3) is 5.69 Å². The van der Waals surface area contributed by atoms with E-state index >= 15 is 0 Å².